The Labute approximate surface area is 158 Å². The monoisotopic (exact) mass is 387 g/mol. The van der Waals surface area contributed by atoms with Crippen molar-refractivity contribution in [2.45, 2.75) is 6.54 Å². The number of nitrogens with zero attached hydrogens (tertiary/aromatic N) is 1. The third kappa shape index (κ3) is 3.37. The summed E-state index contributed by atoms with van der Waals surface area (Å²) in [5.41, 5.74) is -0.219. The average Bonchev–Trinajstić information content (AvgIpc) is 2.65. The lowest BCUT2D eigenvalue weighted by molar-refractivity contribution is 0.0599. The molecule has 0 spiro atoms. The number of carbonyl (C=O) groups excluding carboxylic acids is 1. The zero-order valence-electron chi connectivity index (χ0n) is 14.1. The van der Waals surface area contributed by atoms with Gasteiger partial charge >= 0.3 is 11.9 Å². The lowest BCUT2D eigenvalue weighted by atomic mass is 10.1. The first kappa shape index (κ1) is 18.5. The molecular formula is C19H14ClNO6. The molecule has 0 saturated carbocycles. The molecule has 3 aromatic rings. The Morgan fingerprint density at radius 1 is 1.11 bits per heavy atom. The molecule has 1 aromatic heterocycles. The van der Waals surface area contributed by atoms with E-state index in [1.54, 1.807) is 12.1 Å². The maximum atomic E-state index is 12.8. The number of methoxy groups -OCH3 is 1. The molecule has 1 heterocycles. The number of aromatic nitrogens is 1. The number of ether oxygens (including phenoxy) is 1. The molecule has 0 bridgehead atoms. The number of carboxylic acid groups (broad SMARTS) is 1. The standard InChI is InChI=1S/C19H14ClNO6/c1-27-19(26)11-4-2-10(3-5-11)9-21-15(18(24)25)16(22)14-8-12(20)6-7-13(14)17(21)23/h2-8,22H,9H2,1H3,(H,24,25). The van der Waals surface area contributed by atoms with Crippen LogP contribution in [0.5, 0.6) is 5.75 Å². The molecule has 2 aromatic carbocycles. The molecule has 0 fully saturated rings. The highest BCUT2D eigenvalue weighted by Crippen LogP contribution is 2.29. The maximum absolute atomic E-state index is 12.8. The Kier molecular flexibility index (Phi) is 4.87. The van der Waals surface area contributed by atoms with Crippen LogP contribution in [-0.4, -0.2) is 33.8 Å². The minimum Gasteiger partial charge on any atom is -0.505 e. The molecule has 0 amide bonds. The average molecular weight is 388 g/mol. The first-order chi connectivity index (χ1) is 12.8. The third-order valence-electron chi connectivity index (χ3n) is 4.12. The number of hydrogen-bond donors (Lipinski definition) is 2. The van der Waals surface area contributed by atoms with E-state index in [1.165, 1.54) is 37.4 Å². The van der Waals surface area contributed by atoms with Crippen LogP contribution in [0, 0.1) is 0 Å². The van der Waals surface area contributed by atoms with Gasteiger partial charge in [-0.15, -0.1) is 0 Å². The van der Waals surface area contributed by atoms with Crippen LogP contribution in [0.15, 0.2) is 47.3 Å². The Balaban J connectivity index is 2.16. The molecular weight excluding hydrogens is 374 g/mol. The van der Waals surface area contributed by atoms with E-state index in [9.17, 15) is 24.6 Å². The van der Waals surface area contributed by atoms with E-state index in [0.717, 1.165) is 4.57 Å². The van der Waals surface area contributed by atoms with Crippen molar-refractivity contribution in [1.29, 1.82) is 0 Å². The predicted molar refractivity (Wildman–Crippen MR) is 98.7 cm³/mol. The summed E-state index contributed by atoms with van der Waals surface area (Å²) < 4.78 is 5.60. The topological polar surface area (TPSA) is 106 Å². The lowest BCUT2D eigenvalue weighted by Crippen LogP contribution is -2.27. The van der Waals surface area contributed by atoms with E-state index in [4.69, 9.17) is 11.6 Å². The van der Waals surface area contributed by atoms with Crippen LogP contribution in [0.4, 0.5) is 0 Å². The zero-order chi connectivity index (χ0) is 19.7. The second kappa shape index (κ2) is 7.13. The van der Waals surface area contributed by atoms with Gasteiger partial charge in [-0.2, -0.15) is 0 Å². The van der Waals surface area contributed by atoms with Gasteiger partial charge in [0.25, 0.3) is 5.56 Å². The maximum Gasteiger partial charge on any atom is 0.356 e. The van der Waals surface area contributed by atoms with Gasteiger partial charge in [0.1, 0.15) is 0 Å². The number of pyridine rings is 1. The first-order valence-electron chi connectivity index (χ1n) is 7.79. The fraction of sp³-hybridized carbons (Fsp3) is 0.105. The smallest absolute Gasteiger partial charge is 0.356 e. The molecule has 3 rings (SSSR count). The van der Waals surface area contributed by atoms with E-state index in [2.05, 4.69) is 4.74 Å². The van der Waals surface area contributed by atoms with Gasteiger partial charge < -0.3 is 14.9 Å². The van der Waals surface area contributed by atoms with Crippen molar-refractivity contribution >= 4 is 34.3 Å². The Hall–Kier alpha value is -3.32. The highest BCUT2D eigenvalue weighted by Gasteiger charge is 2.22. The summed E-state index contributed by atoms with van der Waals surface area (Å²) >= 11 is 5.89. The van der Waals surface area contributed by atoms with Crippen molar-refractivity contribution in [1.82, 2.24) is 4.57 Å². The van der Waals surface area contributed by atoms with Crippen LogP contribution < -0.4 is 5.56 Å². The van der Waals surface area contributed by atoms with Gasteiger partial charge in [0, 0.05) is 10.4 Å². The van der Waals surface area contributed by atoms with Crippen LogP contribution in [0.2, 0.25) is 5.02 Å². The van der Waals surface area contributed by atoms with Crippen molar-refractivity contribution in [3.8, 4) is 5.75 Å². The lowest BCUT2D eigenvalue weighted by Gasteiger charge is -2.14. The van der Waals surface area contributed by atoms with Crippen LogP contribution in [-0.2, 0) is 11.3 Å². The molecule has 27 heavy (non-hydrogen) atoms. The molecule has 0 aliphatic carbocycles. The van der Waals surface area contributed by atoms with Gasteiger partial charge in [0.2, 0.25) is 0 Å². The highest BCUT2D eigenvalue weighted by molar-refractivity contribution is 6.31. The second-order valence-electron chi connectivity index (χ2n) is 5.77. The molecule has 0 radical (unpaired) electrons. The summed E-state index contributed by atoms with van der Waals surface area (Å²) in [4.78, 5) is 36.0. The van der Waals surface area contributed by atoms with Crippen molar-refractivity contribution in [2.75, 3.05) is 7.11 Å². The summed E-state index contributed by atoms with van der Waals surface area (Å²) in [5, 5.41) is 20.4. The molecule has 0 atom stereocenters. The molecule has 138 valence electrons. The number of aromatic hydroxyl groups is 1. The number of carboxylic acids is 1. The van der Waals surface area contributed by atoms with Crippen LogP contribution >= 0.6 is 11.6 Å². The SMILES string of the molecule is COC(=O)c1ccc(Cn2c(C(=O)O)c(O)c3cc(Cl)ccc3c2=O)cc1. The number of carbonyl (C=O) groups is 2. The van der Waals surface area contributed by atoms with Gasteiger partial charge in [0.05, 0.1) is 24.6 Å². The van der Waals surface area contributed by atoms with Crippen LogP contribution in [0.1, 0.15) is 26.4 Å². The molecule has 0 aliphatic heterocycles. The van der Waals surface area contributed by atoms with E-state index < -0.39 is 28.9 Å². The minimum absolute atomic E-state index is 0.0715. The highest BCUT2D eigenvalue weighted by atomic mass is 35.5. The van der Waals surface area contributed by atoms with Gasteiger partial charge in [-0.3, -0.25) is 9.36 Å². The fourth-order valence-electron chi connectivity index (χ4n) is 2.82. The Morgan fingerprint density at radius 2 is 1.78 bits per heavy atom. The number of fused-ring (bicyclic) bond motifs is 1. The normalized spacial score (nSPS) is 10.7. The number of aromatic carboxylic acids is 1. The summed E-state index contributed by atoms with van der Waals surface area (Å²) in [6.45, 7) is -0.103. The molecule has 0 aliphatic rings. The van der Waals surface area contributed by atoms with Crippen molar-refractivity contribution in [2.24, 2.45) is 0 Å². The summed E-state index contributed by atoms with van der Waals surface area (Å²) in [6.07, 6.45) is 0. The molecule has 0 unspecified atom stereocenters. The number of hydrogen-bond acceptors (Lipinski definition) is 5. The van der Waals surface area contributed by atoms with E-state index >= 15 is 0 Å². The predicted octanol–water partition coefficient (Wildman–Crippen LogP) is 2.89. The zero-order valence-corrected chi connectivity index (χ0v) is 14.9. The molecule has 7 nitrogen and oxygen atoms in total. The fourth-order valence-corrected chi connectivity index (χ4v) is 2.99. The Morgan fingerprint density at radius 3 is 2.37 bits per heavy atom. The summed E-state index contributed by atoms with van der Waals surface area (Å²) in [7, 11) is 1.26. The van der Waals surface area contributed by atoms with Crippen LogP contribution in [0.25, 0.3) is 10.8 Å². The summed E-state index contributed by atoms with van der Waals surface area (Å²) in [5.74, 6) is -2.49. The second-order valence-corrected chi connectivity index (χ2v) is 6.21. The van der Waals surface area contributed by atoms with Crippen molar-refractivity contribution in [3.63, 3.8) is 0 Å². The van der Waals surface area contributed by atoms with Gasteiger partial charge in [0.15, 0.2) is 11.4 Å². The molecule has 0 saturated heterocycles. The summed E-state index contributed by atoms with van der Waals surface area (Å²) in [6, 6.07) is 10.4. The quantitative estimate of drug-likeness (QED) is 0.667. The van der Waals surface area contributed by atoms with Crippen molar-refractivity contribution in [3.05, 3.63) is 74.7 Å². The van der Waals surface area contributed by atoms with Crippen LogP contribution in [0.3, 0.4) is 0 Å². The number of rotatable bonds is 4. The van der Waals surface area contributed by atoms with Gasteiger partial charge in [-0.25, -0.2) is 9.59 Å². The van der Waals surface area contributed by atoms with E-state index in [0.29, 0.717) is 11.1 Å². The largest absolute Gasteiger partial charge is 0.505 e. The first-order valence-corrected chi connectivity index (χ1v) is 8.17. The molecule has 2 N–H and O–H groups in total. The Bertz CT molecular complexity index is 1120. The third-order valence-corrected chi connectivity index (χ3v) is 4.36. The number of halogens is 1. The number of benzene rings is 2. The number of esters is 1. The van der Waals surface area contributed by atoms with Gasteiger partial charge in [-0.05, 0) is 35.9 Å². The van der Waals surface area contributed by atoms with Crippen molar-refractivity contribution < 1.29 is 24.5 Å². The minimum atomic E-state index is -1.45. The van der Waals surface area contributed by atoms with Gasteiger partial charge in [-0.1, -0.05) is 23.7 Å². The van der Waals surface area contributed by atoms with E-state index in [1.807, 2.05) is 0 Å². The van der Waals surface area contributed by atoms with E-state index in [-0.39, 0.29) is 22.3 Å². The molecule has 8 heteroatoms.